The number of ether oxygens (including phenoxy) is 2. The maximum absolute atomic E-state index is 12.1. The van der Waals surface area contributed by atoms with E-state index < -0.39 is 0 Å². The third-order valence-electron chi connectivity index (χ3n) is 6.56. The second kappa shape index (κ2) is 5.25. The standard InChI is InChI=1S/C20H26O3/c1-12-4-18(22-2)17(8-16(12)19(21)23-3)20-9-13-5-14(10-20)7-15(6-13)11-20/h4,8,13-15H,5-7,9-11H2,1-3H3. The molecule has 0 unspecified atom stereocenters. The van der Waals surface area contributed by atoms with Crippen LogP contribution < -0.4 is 4.74 Å². The van der Waals surface area contributed by atoms with Crippen LogP contribution in [0.4, 0.5) is 0 Å². The second-order valence-electron chi connectivity index (χ2n) is 8.06. The first-order chi connectivity index (χ1) is 11.0. The van der Waals surface area contributed by atoms with E-state index in [1.807, 2.05) is 13.0 Å². The first-order valence-corrected chi connectivity index (χ1v) is 8.82. The summed E-state index contributed by atoms with van der Waals surface area (Å²) in [6.07, 6.45) is 8.03. The zero-order valence-corrected chi connectivity index (χ0v) is 14.4. The molecule has 0 aliphatic heterocycles. The van der Waals surface area contributed by atoms with Gasteiger partial charge in [0, 0.05) is 5.56 Å². The summed E-state index contributed by atoms with van der Waals surface area (Å²) < 4.78 is 10.7. The van der Waals surface area contributed by atoms with E-state index >= 15 is 0 Å². The summed E-state index contributed by atoms with van der Waals surface area (Å²) in [5.41, 5.74) is 3.10. The van der Waals surface area contributed by atoms with Crippen molar-refractivity contribution in [3.63, 3.8) is 0 Å². The van der Waals surface area contributed by atoms with Gasteiger partial charge in [-0.3, -0.25) is 0 Å². The van der Waals surface area contributed by atoms with Gasteiger partial charge < -0.3 is 9.47 Å². The largest absolute Gasteiger partial charge is 0.496 e. The van der Waals surface area contributed by atoms with E-state index in [1.165, 1.54) is 51.2 Å². The molecule has 0 atom stereocenters. The van der Waals surface area contributed by atoms with Crippen molar-refractivity contribution in [2.75, 3.05) is 14.2 Å². The van der Waals surface area contributed by atoms with Crippen molar-refractivity contribution in [3.05, 3.63) is 28.8 Å². The number of aryl methyl sites for hydroxylation is 1. The zero-order valence-electron chi connectivity index (χ0n) is 14.4. The number of esters is 1. The Labute approximate surface area is 138 Å². The Morgan fingerprint density at radius 3 is 2.09 bits per heavy atom. The summed E-state index contributed by atoms with van der Waals surface area (Å²) in [5, 5.41) is 0. The molecule has 4 aliphatic carbocycles. The van der Waals surface area contributed by atoms with Crippen LogP contribution in [0.3, 0.4) is 0 Å². The van der Waals surface area contributed by atoms with Gasteiger partial charge in [-0.05, 0) is 86.3 Å². The van der Waals surface area contributed by atoms with Crippen LogP contribution in [-0.4, -0.2) is 20.2 Å². The second-order valence-corrected chi connectivity index (χ2v) is 8.06. The van der Waals surface area contributed by atoms with Gasteiger partial charge in [-0.2, -0.15) is 0 Å². The van der Waals surface area contributed by atoms with Gasteiger partial charge in [-0.15, -0.1) is 0 Å². The van der Waals surface area contributed by atoms with Gasteiger partial charge in [0.1, 0.15) is 5.75 Å². The van der Waals surface area contributed by atoms with Crippen molar-refractivity contribution in [2.45, 2.75) is 50.9 Å². The molecular formula is C20H26O3. The van der Waals surface area contributed by atoms with E-state index in [2.05, 4.69) is 6.07 Å². The Bertz CT molecular complexity index is 611. The number of rotatable bonds is 3. The fourth-order valence-corrected chi connectivity index (χ4v) is 6.04. The summed E-state index contributed by atoms with van der Waals surface area (Å²) in [4.78, 5) is 12.1. The predicted molar refractivity (Wildman–Crippen MR) is 88.9 cm³/mol. The zero-order chi connectivity index (χ0) is 16.2. The monoisotopic (exact) mass is 314 g/mol. The van der Waals surface area contributed by atoms with Crippen LogP contribution in [0, 0.1) is 24.7 Å². The van der Waals surface area contributed by atoms with Gasteiger partial charge in [0.15, 0.2) is 0 Å². The van der Waals surface area contributed by atoms with Crippen molar-refractivity contribution >= 4 is 5.97 Å². The van der Waals surface area contributed by atoms with Crippen LogP contribution in [0.5, 0.6) is 5.75 Å². The summed E-state index contributed by atoms with van der Waals surface area (Å²) in [6, 6.07) is 4.10. The van der Waals surface area contributed by atoms with Crippen molar-refractivity contribution < 1.29 is 14.3 Å². The summed E-state index contributed by atoms with van der Waals surface area (Å²) >= 11 is 0. The molecule has 3 nitrogen and oxygen atoms in total. The lowest BCUT2D eigenvalue weighted by molar-refractivity contribution is -0.00620. The van der Waals surface area contributed by atoms with E-state index in [0.717, 1.165) is 29.1 Å². The van der Waals surface area contributed by atoms with Gasteiger partial charge in [0.05, 0.1) is 19.8 Å². The number of carbonyl (C=O) groups excluding carboxylic acids is 1. The van der Waals surface area contributed by atoms with Crippen LogP contribution in [0.15, 0.2) is 12.1 Å². The normalized spacial score (nSPS) is 34.5. The molecule has 0 radical (unpaired) electrons. The predicted octanol–water partition coefficient (Wildman–Crippen LogP) is 4.26. The molecule has 4 fully saturated rings. The molecule has 0 heterocycles. The average Bonchev–Trinajstić information content (AvgIpc) is 2.52. The average molecular weight is 314 g/mol. The minimum atomic E-state index is -0.240. The van der Waals surface area contributed by atoms with Crippen LogP contribution in [-0.2, 0) is 10.2 Å². The van der Waals surface area contributed by atoms with Gasteiger partial charge in [0.2, 0.25) is 0 Å². The molecule has 0 N–H and O–H groups in total. The molecule has 4 saturated carbocycles. The van der Waals surface area contributed by atoms with Crippen molar-refractivity contribution in [1.29, 1.82) is 0 Å². The molecule has 23 heavy (non-hydrogen) atoms. The number of hydrogen-bond acceptors (Lipinski definition) is 3. The number of carbonyl (C=O) groups is 1. The highest BCUT2D eigenvalue weighted by molar-refractivity contribution is 5.91. The highest BCUT2D eigenvalue weighted by atomic mass is 16.5. The quantitative estimate of drug-likeness (QED) is 0.782. The molecule has 0 spiro atoms. The topological polar surface area (TPSA) is 35.5 Å². The third-order valence-corrected chi connectivity index (χ3v) is 6.56. The molecule has 124 valence electrons. The third kappa shape index (κ3) is 2.28. The molecule has 0 saturated heterocycles. The van der Waals surface area contributed by atoms with Gasteiger partial charge >= 0.3 is 5.97 Å². The number of methoxy groups -OCH3 is 2. The lowest BCUT2D eigenvalue weighted by Crippen LogP contribution is -2.48. The molecular weight excluding hydrogens is 288 g/mol. The van der Waals surface area contributed by atoms with Crippen molar-refractivity contribution in [1.82, 2.24) is 0 Å². The Kier molecular flexibility index (Phi) is 3.44. The fourth-order valence-electron chi connectivity index (χ4n) is 6.04. The molecule has 1 aromatic rings. The molecule has 3 heteroatoms. The molecule has 4 bridgehead atoms. The Morgan fingerprint density at radius 1 is 1.04 bits per heavy atom. The van der Waals surface area contributed by atoms with E-state index in [1.54, 1.807) is 7.11 Å². The Balaban J connectivity index is 1.82. The van der Waals surface area contributed by atoms with Gasteiger partial charge in [-0.25, -0.2) is 4.79 Å². The minimum Gasteiger partial charge on any atom is -0.496 e. The first-order valence-electron chi connectivity index (χ1n) is 8.82. The van der Waals surface area contributed by atoms with Crippen LogP contribution in [0.1, 0.15) is 60.0 Å². The van der Waals surface area contributed by atoms with E-state index in [0.29, 0.717) is 5.56 Å². The lowest BCUT2D eigenvalue weighted by Gasteiger charge is -2.57. The van der Waals surface area contributed by atoms with Crippen LogP contribution in [0.25, 0.3) is 0 Å². The highest BCUT2D eigenvalue weighted by Crippen LogP contribution is 2.62. The van der Waals surface area contributed by atoms with Crippen molar-refractivity contribution in [3.8, 4) is 5.75 Å². The maximum Gasteiger partial charge on any atom is 0.338 e. The van der Waals surface area contributed by atoms with E-state index in [4.69, 9.17) is 9.47 Å². The SMILES string of the molecule is COC(=O)c1cc(C23CC4CC(CC(C4)C2)C3)c(OC)cc1C. The molecule has 5 rings (SSSR count). The maximum atomic E-state index is 12.1. The van der Waals surface area contributed by atoms with Crippen LogP contribution in [0.2, 0.25) is 0 Å². The van der Waals surface area contributed by atoms with Gasteiger partial charge in [-0.1, -0.05) is 0 Å². The lowest BCUT2D eigenvalue weighted by atomic mass is 9.48. The van der Waals surface area contributed by atoms with Crippen LogP contribution >= 0.6 is 0 Å². The minimum absolute atomic E-state index is 0.219. The van der Waals surface area contributed by atoms with E-state index in [9.17, 15) is 4.79 Å². The Hall–Kier alpha value is -1.51. The molecule has 0 amide bonds. The van der Waals surface area contributed by atoms with Gasteiger partial charge in [0.25, 0.3) is 0 Å². The number of hydrogen-bond donors (Lipinski definition) is 0. The van der Waals surface area contributed by atoms with E-state index in [-0.39, 0.29) is 11.4 Å². The smallest absolute Gasteiger partial charge is 0.338 e. The molecule has 4 aliphatic rings. The summed E-state index contributed by atoms with van der Waals surface area (Å²) in [5.74, 6) is 3.32. The Morgan fingerprint density at radius 2 is 1.61 bits per heavy atom. The number of benzene rings is 1. The first kappa shape index (κ1) is 15.0. The highest BCUT2D eigenvalue weighted by Gasteiger charge is 2.52. The molecule has 1 aromatic carbocycles. The summed E-state index contributed by atoms with van der Waals surface area (Å²) in [7, 11) is 3.20. The fraction of sp³-hybridized carbons (Fsp3) is 0.650. The van der Waals surface area contributed by atoms with Crippen molar-refractivity contribution in [2.24, 2.45) is 17.8 Å². The summed E-state index contributed by atoms with van der Waals surface area (Å²) in [6.45, 7) is 1.96. The molecule has 0 aromatic heterocycles.